The van der Waals surface area contributed by atoms with Gasteiger partial charge in [-0.05, 0) is 36.5 Å². The molecule has 1 aromatic carbocycles. The molecule has 3 rings (SSSR count). The lowest BCUT2D eigenvalue weighted by molar-refractivity contribution is 0.0606. The maximum Gasteiger partial charge on any atom is 0.351 e. The van der Waals surface area contributed by atoms with Gasteiger partial charge in [-0.25, -0.2) is 14.2 Å². The SMILES string of the molecule is COC(=O)c1sc(N(C)C(c2ccc(F)cc2)C2CC2)nc1Cl. The second kappa shape index (κ2) is 6.45. The van der Waals surface area contributed by atoms with Crippen LogP contribution in [0.25, 0.3) is 0 Å². The number of carbonyl (C=O) groups excluding carboxylic acids is 1. The lowest BCUT2D eigenvalue weighted by atomic mass is 10.0. The van der Waals surface area contributed by atoms with Gasteiger partial charge in [0.1, 0.15) is 5.82 Å². The van der Waals surface area contributed by atoms with Crippen LogP contribution < -0.4 is 4.90 Å². The molecule has 23 heavy (non-hydrogen) atoms. The second-order valence-corrected chi connectivity index (χ2v) is 6.89. The number of anilines is 1. The smallest absolute Gasteiger partial charge is 0.351 e. The van der Waals surface area contributed by atoms with Crippen molar-refractivity contribution in [3.05, 3.63) is 45.7 Å². The number of halogens is 2. The highest BCUT2D eigenvalue weighted by molar-refractivity contribution is 7.18. The summed E-state index contributed by atoms with van der Waals surface area (Å²) in [6.45, 7) is 0. The summed E-state index contributed by atoms with van der Waals surface area (Å²) in [6.07, 6.45) is 2.24. The Bertz CT molecular complexity index is 715. The van der Waals surface area contributed by atoms with Crippen LogP contribution in [0.5, 0.6) is 0 Å². The molecule has 1 aromatic heterocycles. The number of carbonyl (C=O) groups is 1. The Labute approximate surface area is 142 Å². The number of ether oxygens (including phenoxy) is 1. The summed E-state index contributed by atoms with van der Waals surface area (Å²) in [6, 6.07) is 6.61. The fraction of sp³-hybridized carbons (Fsp3) is 0.375. The number of hydrogen-bond donors (Lipinski definition) is 0. The zero-order chi connectivity index (χ0) is 16.6. The van der Waals surface area contributed by atoms with Crippen LogP contribution in [0.3, 0.4) is 0 Å². The highest BCUT2D eigenvalue weighted by atomic mass is 35.5. The molecule has 1 aliphatic carbocycles. The van der Waals surface area contributed by atoms with Gasteiger partial charge in [0.2, 0.25) is 0 Å². The molecular weight excluding hydrogens is 339 g/mol. The molecule has 1 atom stereocenters. The summed E-state index contributed by atoms with van der Waals surface area (Å²) < 4.78 is 17.9. The van der Waals surface area contributed by atoms with E-state index in [0.717, 1.165) is 18.4 Å². The number of methoxy groups -OCH3 is 1. The standard InChI is InChI=1S/C16H16ClFN2O2S/c1-20(16-19-14(17)13(23-16)15(21)22-2)12(9-3-4-9)10-5-7-11(18)8-6-10/h5-9,12H,3-4H2,1-2H3. The number of esters is 1. The van der Waals surface area contributed by atoms with Gasteiger partial charge >= 0.3 is 5.97 Å². The van der Waals surface area contributed by atoms with Crippen molar-refractivity contribution in [3.63, 3.8) is 0 Å². The molecule has 1 heterocycles. The van der Waals surface area contributed by atoms with E-state index in [9.17, 15) is 9.18 Å². The number of aromatic nitrogens is 1. The second-order valence-electron chi connectivity index (χ2n) is 5.55. The quantitative estimate of drug-likeness (QED) is 0.750. The molecule has 0 bridgehead atoms. The highest BCUT2D eigenvalue weighted by Crippen LogP contribution is 2.46. The molecule has 1 saturated carbocycles. The molecule has 4 nitrogen and oxygen atoms in total. The van der Waals surface area contributed by atoms with E-state index >= 15 is 0 Å². The monoisotopic (exact) mass is 354 g/mol. The minimum atomic E-state index is -0.489. The van der Waals surface area contributed by atoms with Crippen molar-refractivity contribution in [1.82, 2.24) is 4.98 Å². The largest absolute Gasteiger partial charge is 0.465 e. The summed E-state index contributed by atoms with van der Waals surface area (Å²) in [5, 5.41) is 0.800. The van der Waals surface area contributed by atoms with Crippen molar-refractivity contribution in [1.29, 1.82) is 0 Å². The molecule has 0 aliphatic heterocycles. The van der Waals surface area contributed by atoms with Crippen LogP contribution in [-0.2, 0) is 4.74 Å². The summed E-state index contributed by atoms with van der Waals surface area (Å²) in [5.41, 5.74) is 1.03. The Morgan fingerprint density at radius 2 is 2.09 bits per heavy atom. The normalized spacial score (nSPS) is 15.3. The molecule has 0 radical (unpaired) electrons. The lowest BCUT2D eigenvalue weighted by Gasteiger charge is -2.28. The van der Waals surface area contributed by atoms with Gasteiger partial charge in [-0.1, -0.05) is 35.1 Å². The van der Waals surface area contributed by atoms with Gasteiger partial charge in [0.25, 0.3) is 0 Å². The van der Waals surface area contributed by atoms with Crippen LogP contribution in [0.2, 0.25) is 5.15 Å². The first-order chi connectivity index (χ1) is 11.0. The van der Waals surface area contributed by atoms with Crippen LogP contribution in [0, 0.1) is 11.7 Å². The lowest BCUT2D eigenvalue weighted by Crippen LogP contribution is -2.25. The average molecular weight is 355 g/mol. The van der Waals surface area contributed by atoms with Gasteiger partial charge in [0.05, 0.1) is 13.2 Å². The first-order valence-corrected chi connectivity index (χ1v) is 8.43. The predicted molar refractivity (Wildman–Crippen MR) is 88.7 cm³/mol. The Balaban J connectivity index is 1.91. The van der Waals surface area contributed by atoms with Crippen molar-refractivity contribution in [3.8, 4) is 0 Å². The molecule has 2 aromatic rings. The van der Waals surface area contributed by atoms with Crippen molar-refractivity contribution in [2.24, 2.45) is 5.92 Å². The number of thiazole rings is 1. The summed E-state index contributed by atoms with van der Waals surface area (Å²) in [4.78, 5) is 18.3. The van der Waals surface area contributed by atoms with Crippen molar-refractivity contribution < 1.29 is 13.9 Å². The van der Waals surface area contributed by atoms with Gasteiger partial charge in [0, 0.05) is 7.05 Å². The van der Waals surface area contributed by atoms with Crippen molar-refractivity contribution >= 4 is 34.0 Å². The zero-order valence-corrected chi connectivity index (χ0v) is 14.3. The Morgan fingerprint density at radius 1 is 1.43 bits per heavy atom. The summed E-state index contributed by atoms with van der Waals surface area (Å²) >= 11 is 7.26. The minimum absolute atomic E-state index is 0.0864. The van der Waals surface area contributed by atoms with Gasteiger partial charge in [-0.2, -0.15) is 0 Å². The number of nitrogens with zero attached hydrogens (tertiary/aromatic N) is 2. The topological polar surface area (TPSA) is 42.4 Å². The molecule has 0 N–H and O–H groups in total. The van der Waals surface area contributed by atoms with Crippen LogP contribution >= 0.6 is 22.9 Å². The average Bonchev–Trinajstić information content (AvgIpc) is 3.30. The minimum Gasteiger partial charge on any atom is -0.465 e. The fourth-order valence-corrected chi connectivity index (χ4v) is 3.86. The number of benzene rings is 1. The maximum atomic E-state index is 13.2. The van der Waals surface area contributed by atoms with Crippen LogP contribution in [0.15, 0.2) is 24.3 Å². The van der Waals surface area contributed by atoms with E-state index in [1.165, 1.54) is 30.6 Å². The van der Waals surface area contributed by atoms with Crippen LogP contribution in [0.1, 0.15) is 34.1 Å². The Morgan fingerprint density at radius 3 is 2.65 bits per heavy atom. The number of hydrogen-bond acceptors (Lipinski definition) is 5. The van der Waals surface area contributed by atoms with E-state index in [1.54, 1.807) is 12.1 Å². The molecule has 0 saturated heterocycles. The van der Waals surface area contributed by atoms with Gasteiger partial charge in [-0.15, -0.1) is 0 Å². The fourth-order valence-electron chi connectivity index (χ4n) is 2.66. The van der Waals surface area contributed by atoms with Gasteiger partial charge in [0.15, 0.2) is 15.2 Å². The van der Waals surface area contributed by atoms with E-state index in [0.29, 0.717) is 15.9 Å². The summed E-state index contributed by atoms with van der Waals surface area (Å²) in [5.74, 6) is -0.247. The maximum absolute atomic E-state index is 13.2. The molecule has 1 fully saturated rings. The van der Waals surface area contributed by atoms with E-state index in [-0.39, 0.29) is 17.0 Å². The third-order valence-electron chi connectivity index (χ3n) is 3.94. The first kappa shape index (κ1) is 16.2. The molecule has 1 unspecified atom stereocenters. The van der Waals surface area contributed by atoms with Gasteiger partial charge in [-0.3, -0.25) is 0 Å². The van der Waals surface area contributed by atoms with Crippen LogP contribution in [-0.4, -0.2) is 25.1 Å². The van der Waals surface area contributed by atoms with E-state index < -0.39 is 5.97 Å². The van der Waals surface area contributed by atoms with E-state index in [1.807, 2.05) is 11.9 Å². The van der Waals surface area contributed by atoms with Crippen molar-refractivity contribution in [2.75, 3.05) is 19.1 Å². The number of rotatable bonds is 5. The molecule has 0 amide bonds. The molecule has 7 heteroatoms. The van der Waals surface area contributed by atoms with Crippen LogP contribution in [0.4, 0.5) is 9.52 Å². The van der Waals surface area contributed by atoms with E-state index in [4.69, 9.17) is 16.3 Å². The zero-order valence-electron chi connectivity index (χ0n) is 12.8. The first-order valence-electron chi connectivity index (χ1n) is 7.24. The molecular formula is C16H16ClFN2O2S. The van der Waals surface area contributed by atoms with Gasteiger partial charge < -0.3 is 9.64 Å². The van der Waals surface area contributed by atoms with Crippen molar-refractivity contribution in [2.45, 2.75) is 18.9 Å². The molecule has 1 aliphatic rings. The Hall–Kier alpha value is -1.66. The third-order valence-corrected chi connectivity index (χ3v) is 5.46. The third kappa shape index (κ3) is 3.33. The Kier molecular flexibility index (Phi) is 4.55. The highest BCUT2D eigenvalue weighted by Gasteiger charge is 2.36. The van der Waals surface area contributed by atoms with E-state index in [2.05, 4.69) is 4.98 Å². The molecule has 0 spiro atoms. The molecule has 122 valence electrons. The summed E-state index contributed by atoms with van der Waals surface area (Å²) in [7, 11) is 3.23. The predicted octanol–water partition coefficient (Wildman–Crippen LogP) is 4.31.